The number of nitrogen functional groups attached to an aromatic ring is 1. The molecule has 2 heterocycles. The highest BCUT2D eigenvalue weighted by Gasteiger charge is 2.14. The van der Waals surface area contributed by atoms with Gasteiger partial charge in [-0.05, 0) is 12.8 Å². The van der Waals surface area contributed by atoms with Gasteiger partial charge in [0.2, 0.25) is 0 Å². The summed E-state index contributed by atoms with van der Waals surface area (Å²) in [5.41, 5.74) is 7.89. The Bertz CT molecular complexity index is 538. The molecule has 18 heavy (non-hydrogen) atoms. The van der Waals surface area contributed by atoms with Crippen molar-refractivity contribution in [1.29, 1.82) is 0 Å². The fourth-order valence-corrected chi connectivity index (χ4v) is 1.82. The summed E-state index contributed by atoms with van der Waals surface area (Å²) in [6, 6.07) is 1.96. The van der Waals surface area contributed by atoms with Crippen molar-refractivity contribution in [1.82, 2.24) is 19.7 Å². The Morgan fingerprint density at radius 1 is 1.33 bits per heavy atom. The molecule has 0 radical (unpaired) electrons. The predicted octanol–water partition coefficient (Wildman–Crippen LogP) is 1.97. The fraction of sp³-hybridized carbons (Fsp3) is 0.417. The van der Waals surface area contributed by atoms with Crippen LogP contribution in [-0.2, 0) is 7.05 Å². The highest BCUT2D eigenvalue weighted by Crippen LogP contribution is 2.28. The lowest BCUT2D eigenvalue weighted by atomic mass is 10.0. The lowest BCUT2D eigenvalue weighted by molar-refractivity contribution is 0.742. The Balaban J connectivity index is 2.37. The summed E-state index contributed by atoms with van der Waals surface area (Å²) in [7, 11) is 1.90. The Kier molecular flexibility index (Phi) is 3.18. The molecular formula is C12H18N6. The fourth-order valence-electron chi connectivity index (χ4n) is 1.82. The maximum Gasteiger partial charge on any atom is 0.153 e. The van der Waals surface area contributed by atoms with Crippen molar-refractivity contribution < 1.29 is 0 Å². The molecule has 0 bridgehead atoms. The quantitative estimate of drug-likeness (QED) is 0.865. The number of aryl methyl sites for hydroxylation is 2. The van der Waals surface area contributed by atoms with Crippen molar-refractivity contribution in [2.45, 2.75) is 26.7 Å². The monoisotopic (exact) mass is 246 g/mol. The second kappa shape index (κ2) is 4.64. The molecule has 0 unspecified atom stereocenters. The van der Waals surface area contributed by atoms with E-state index in [1.165, 1.54) is 6.33 Å². The van der Waals surface area contributed by atoms with Crippen molar-refractivity contribution in [3.63, 3.8) is 0 Å². The first kappa shape index (κ1) is 12.3. The number of hydrogen-bond donors (Lipinski definition) is 2. The normalized spacial score (nSPS) is 10.9. The maximum absolute atomic E-state index is 5.89. The molecule has 0 aliphatic carbocycles. The average molecular weight is 246 g/mol. The molecule has 0 fully saturated rings. The molecule has 0 aromatic carbocycles. The number of hydrogen-bond acceptors (Lipinski definition) is 5. The summed E-state index contributed by atoms with van der Waals surface area (Å²) in [5, 5.41) is 7.53. The molecule has 0 saturated heterocycles. The van der Waals surface area contributed by atoms with Crippen LogP contribution >= 0.6 is 0 Å². The minimum atomic E-state index is 0.249. The summed E-state index contributed by atoms with van der Waals surface area (Å²) >= 11 is 0. The largest absolute Gasteiger partial charge is 0.383 e. The number of nitrogens with two attached hydrogens (primary N) is 1. The van der Waals surface area contributed by atoms with Crippen molar-refractivity contribution in [3.8, 4) is 0 Å². The Labute approximate surface area is 106 Å². The molecule has 96 valence electrons. The van der Waals surface area contributed by atoms with Crippen LogP contribution in [-0.4, -0.2) is 19.7 Å². The number of rotatable bonds is 3. The predicted molar refractivity (Wildman–Crippen MR) is 71.8 cm³/mol. The lowest BCUT2D eigenvalue weighted by Gasteiger charge is -2.13. The summed E-state index contributed by atoms with van der Waals surface area (Å²) < 4.78 is 1.81. The molecule has 2 aromatic rings. The Hall–Kier alpha value is -2.11. The minimum absolute atomic E-state index is 0.249. The third-order valence-electron chi connectivity index (χ3n) is 2.85. The van der Waals surface area contributed by atoms with Crippen LogP contribution in [0, 0.1) is 6.92 Å². The second-order valence-corrected chi connectivity index (χ2v) is 4.60. The number of nitrogens with zero attached hydrogens (tertiary/aromatic N) is 4. The van der Waals surface area contributed by atoms with Gasteiger partial charge in [-0.25, -0.2) is 9.97 Å². The average Bonchev–Trinajstić information content (AvgIpc) is 2.57. The topological polar surface area (TPSA) is 81.7 Å². The molecule has 0 saturated carbocycles. The van der Waals surface area contributed by atoms with Gasteiger partial charge in [0.15, 0.2) is 5.82 Å². The van der Waals surface area contributed by atoms with Crippen molar-refractivity contribution in [2.24, 2.45) is 7.05 Å². The molecule has 6 nitrogen and oxygen atoms in total. The van der Waals surface area contributed by atoms with E-state index in [1.54, 1.807) is 0 Å². The van der Waals surface area contributed by atoms with Crippen LogP contribution in [0.2, 0.25) is 0 Å². The van der Waals surface area contributed by atoms with E-state index in [0.29, 0.717) is 5.82 Å². The van der Waals surface area contributed by atoms with Crippen LogP contribution < -0.4 is 11.1 Å². The lowest BCUT2D eigenvalue weighted by Crippen LogP contribution is -2.07. The van der Waals surface area contributed by atoms with Gasteiger partial charge < -0.3 is 11.1 Å². The smallest absolute Gasteiger partial charge is 0.153 e. The van der Waals surface area contributed by atoms with E-state index in [4.69, 9.17) is 5.73 Å². The van der Waals surface area contributed by atoms with E-state index in [-0.39, 0.29) is 5.92 Å². The first-order valence-corrected chi connectivity index (χ1v) is 5.87. The second-order valence-electron chi connectivity index (χ2n) is 4.60. The zero-order valence-corrected chi connectivity index (χ0v) is 11.1. The summed E-state index contributed by atoms with van der Waals surface area (Å²) in [6.45, 7) is 6.11. The van der Waals surface area contributed by atoms with E-state index >= 15 is 0 Å². The Morgan fingerprint density at radius 3 is 2.61 bits per heavy atom. The van der Waals surface area contributed by atoms with Crippen LogP contribution in [0.15, 0.2) is 12.4 Å². The zero-order valence-electron chi connectivity index (χ0n) is 11.1. The Morgan fingerprint density at radius 2 is 2.06 bits per heavy atom. The van der Waals surface area contributed by atoms with E-state index in [2.05, 4.69) is 34.2 Å². The third-order valence-corrected chi connectivity index (χ3v) is 2.85. The van der Waals surface area contributed by atoms with Gasteiger partial charge in [-0.3, -0.25) is 4.68 Å². The summed E-state index contributed by atoms with van der Waals surface area (Å²) in [6.07, 6.45) is 1.46. The SMILES string of the molecule is Cc1cc(Nc2ncnc(N)c2C(C)C)nn1C. The van der Waals surface area contributed by atoms with Crippen molar-refractivity contribution in [3.05, 3.63) is 23.7 Å². The molecule has 2 aromatic heterocycles. The molecule has 0 atom stereocenters. The van der Waals surface area contributed by atoms with E-state index < -0.39 is 0 Å². The first-order chi connectivity index (χ1) is 8.49. The van der Waals surface area contributed by atoms with Crippen molar-refractivity contribution in [2.75, 3.05) is 11.1 Å². The van der Waals surface area contributed by atoms with Gasteiger partial charge in [-0.2, -0.15) is 5.10 Å². The van der Waals surface area contributed by atoms with Gasteiger partial charge in [-0.1, -0.05) is 13.8 Å². The summed E-state index contributed by atoms with van der Waals surface area (Å²) in [5.74, 6) is 2.24. The van der Waals surface area contributed by atoms with Gasteiger partial charge in [0.05, 0.1) is 0 Å². The standard InChI is InChI=1S/C12H18N6/c1-7(2)10-11(13)14-6-15-12(10)16-9-5-8(3)18(4)17-9/h5-7H,1-4H3,(H3,13,14,15,16,17). The van der Waals surface area contributed by atoms with Gasteiger partial charge in [-0.15, -0.1) is 0 Å². The van der Waals surface area contributed by atoms with Crippen molar-refractivity contribution >= 4 is 17.5 Å². The number of aromatic nitrogens is 4. The van der Waals surface area contributed by atoms with E-state index in [9.17, 15) is 0 Å². The zero-order chi connectivity index (χ0) is 13.3. The molecule has 6 heteroatoms. The molecule has 2 rings (SSSR count). The third kappa shape index (κ3) is 2.27. The molecular weight excluding hydrogens is 228 g/mol. The molecule has 0 aliphatic heterocycles. The number of nitrogens with one attached hydrogen (secondary N) is 1. The molecule has 0 amide bonds. The van der Waals surface area contributed by atoms with Gasteiger partial charge in [0.1, 0.15) is 18.0 Å². The number of anilines is 3. The van der Waals surface area contributed by atoms with Crippen LogP contribution in [0.25, 0.3) is 0 Å². The van der Waals surface area contributed by atoms with Gasteiger partial charge >= 0.3 is 0 Å². The molecule has 0 aliphatic rings. The maximum atomic E-state index is 5.89. The van der Waals surface area contributed by atoms with E-state index in [0.717, 1.165) is 22.9 Å². The first-order valence-electron chi connectivity index (χ1n) is 5.87. The highest BCUT2D eigenvalue weighted by molar-refractivity contribution is 5.62. The van der Waals surface area contributed by atoms with Crippen LogP contribution in [0.4, 0.5) is 17.5 Å². The summed E-state index contributed by atoms with van der Waals surface area (Å²) in [4.78, 5) is 8.27. The van der Waals surface area contributed by atoms with E-state index in [1.807, 2.05) is 24.7 Å². The van der Waals surface area contributed by atoms with Crippen LogP contribution in [0.5, 0.6) is 0 Å². The highest BCUT2D eigenvalue weighted by atomic mass is 15.3. The molecule has 0 spiro atoms. The van der Waals surface area contributed by atoms with Crippen LogP contribution in [0.1, 0.15) is 31.0 Å². The van der Waals surface area contributed by atoms with Gasteiger partial charge in [0, 0.05) is 24.4 Å². The molecule has 3 N–H and O–H groups in total. The van der Waals surface area contributed by atoms with Gasteiger partial charge in [0.25, 0.3) is 0 Å². The van der Waals surface area contributed by atoms with Crippen LogP contribution in [0.3, 0.4) is 0 Å². The minimum Gasteiger partial charge on any atom is -0.383 e.